The number of aromatic nitrogens is 1. The molecule has 1 aromatic rings. The summed E-state index contributed by atoms with van der Waals surface area (Å²) < 4.78 is 0. The molecule has 1 aliphatic rings. The van der Waals surface area contributed by atoms with E-state index in [1.807, 2.05) is 18.3 Å². The lowest BCUT2D eigenvalue weighted by Crippen LogP contribution is -2.43. The first kappa shape index (κ1) is 10.2. The normalized spacial score (nSPS) is 20.0. The van der Waals surface area contributed by atoms with Crippen molar-refractivity contribution in [1.29, 1.82) is 0 Å². The third-order valence-corrected chi connectivity index (χ3v) is 3.21. The van der Waals surface area contributed by atoms with Crippen molar-refractivity contribution >= 4 is 5.97 Å². The van der Waals surface area contributed by atoms with Gasteiger partial charge >= 0.3 is 5.97 Å². The van der Waals surface area contributed by atoms with Gasteiger partial charge in [-0.05, 0) is 38.1 Å². The average molecular weight is 208 g/mol. The minimum absolute atomic E-state index is 0.573. The molecule has 15 heavy (non-hydrogen) atoms. The molecule has 0 aliphatic carbocycles. The molecule has 0 aromatic carbocycles. The molecule has 2 rings (SSSR count). The quantitative estimate of drug-likeness (QED) is 0.694. The van der Waals surface area contributed by atoms with Gasteiger partial charge in [0.2, 0.25) is 0 Å². The summed E-state index contributed by atoms with van der Waals surface area (Å²) in [5.41, 5.74) is 0.440. The molecule has 2 heterocycles. The number of hydrogen-bond donors (Lipinski definition) is 3. The van der Waals surface area contributed by atoms with Gasteiger partial charge in [0.1, 0.15) is 0 Å². The molecule has 1 saturated heterocycles. The van der Waals surface area contributed by atoms with Crippen molar-refractivity contribution in [2.75, 3.05) is 13.1 Å². The van der Waals surface area contributed by atoms with E-state index >= 15 is 0 Å². The van der Waals surface area contributed by atoms with Crippen molar-refractivity contribution in [2.45, 2.75) is 19.3 Å². The van der Waals surface area contributed by atoms with Gasteiger partial charge in [-0.2, -0.15) is 0 Å². The van der Waals surface area contributed by atoms with E-state index in [0.717, 1.165) is 18.8 Å². The summed E-state index contributed by atoms with van der Waals surface area (Å²) in [6.07, 6.45) is 3.87. The van der Waals surface area contributed by atoms with Crippen LogP contribution in [0.5, 0.6) is 0 Å². The van der Waals surface area contributed by atoms with E-state index in [1.165, 1.54) is 0 Å². The lowest BCUT2D eigenvalue weighted by atomic mass is 9.75. The largest absolute Gasteiger partial charge is 0.481 e. The second-order valence-electron chi connectivity index (χ2n) is 4.21. The Balaban J connectivity index is 2.15. The zero-order valence-corrected chi connectivity index (χ0v) is 8.62. The summed E-state index contributed by atoms with van der Waals surface area (Å²) in [5, 5.41) is 12.5. The molecule has 0 atom stereocenters. The Hall–Kier alpha value is -1.29. The number of aromatic amines is 1. The minimum Gasteiger partial charge on any atom is -0.481 e. The third kappa shape index (κ3) is 2.04. The summed E-state index contributed by atoms with van der Waals surface area (Å²) in [6, 6.07) is 3.86. The van der Waals surface area contributed by atoms with E-state index in [0.29, 0.717) is 19.3 Å². The number of nitrogens with one attached hydrogen (secondary N) is 2. The fourth-order valence-corrected chi connectivity index (χ4v) is 2.21. The molecule has 0 radical (unpaired) electrons. The standard InChI is InChI=1S/C11H16N2O2/c14-10(15)11(3-6-12-7-4-11)8-9-2-1-5-13-9/h1-2,5,12-13H,3-4,6-8H2,(H,14,15). The van der Waals surface area contributed by atoms with Crippen LogP contribution in [-0.2, 0) is 11.2 Å². The van der Waals surface area contributed by atoms with Crippen LogP contribution in [0.25, 0.3) is 0 Å². The van der Waals surface area contributed by atoms with Gasteiger partial charge in [-0.1, -0.05) is 0 Å². The minimum atomic E-state index is -0.668. The number of carboxylic acids is 1. The van der Waals surface area contributed by atoms with Gasteiger partial charge in [0, 0.05) is 18.3 Å². The highest BCUT2D eigenvalue weighted by Gasteiger charge is 2.39. The maximum absolute atomic E-state index is 11.4. The highest BCUT2D eigenvalue weighted by atomic mass is 16.4. The Morgan fingerprint density at radius 3 is 2.73 bits per heavy atom. The number of carbonyl (C=O) groups is 1. The van der Waals surface area contributed by atoms with Crippen molar-refractivity contribution in [1.82, 2.24) is 10.3 Å². The molecule has 0 saturated carbocycles. The maximum Gasteiger partial charge on any atom is 0.310 e. The van der Waals surface area contributed by atoms with Gasteiger partial charge in [-0.3, -0.25) is 4.79 Å². The van der Waals surface area contributed by atoms with Crippen LogP contribution in [-0.4, -0.2) is 29.1 Å². The first-order chi connectivity index (χ1) is 7.23. The SMILES string of the molecule is O=C(O)C1(Cc2ccc[nH]2)CCNCC1. The molecular weight excluding hydrogens is 192 g/mol. The summed E-state index contributed by atoms with van der Waals surface area (Å²) in [5.74, 6) is -0.668. The van der Waals surface area contributed by atoms with Crippen LogP contribution in [0.4, 0.5) is 0 Å². The smallest absolute Gasteiger partial charge is 0.310 e. The summed E-state index contributed by atoms with van der Waals surface area (Å²) >= 11 is 0. The topological polar surface area (TPSA) is 65.1 Å². The van der Waals surface area contributed by atoms with E-state index in [-0.39, 0.29) is 0 Å². The van der Waals surface area contributed by atoms with Crippen molar-refractivity contribution in [3.8, 4) is 0 Å². The molecule has 82 valence electrons. The summed E-state index contributed by atoms with van der Waals surface area (Å²) in [6.45, 7) is 1.60. The van der Waals surface area contributed by atoms with Crippen LogP contribution in [0.1, 0.15) is 18.5 Å². The Bertz CT molecular complexity index is 326. The molecular formula is C11H16N2O2. The average Bonchev–Trinajstić information content (AvgIpc) is 2.71. The Labute approximate surface area is 88.7 Å². The van der Waals surface area contributed by atoms with Crippen molar-refractivity contribution in [3.05, 3.63) is 24.0 Å². The molecule has 0 unspecified atom stereocenters. The van der Waals surface area contributed by atoms with Gasteiger partial charge in [-0.15, -0.1) is 0 Å². The fraction of sp³-hybridized carbons (Fsp3) is 0.545. The van der Waals surface area contributed by atoms with Crippen LogP contribution in [0.2, 0.25) is 0 Å². The lowest BCUT2D eigenvalue weighted by molar-refractivity contribution is -0.150. The number of rotatable bonds is 3. The van der Waals surface area contributed by atoms with Gasteiger partial charge in [0.25, 0.3) is 0 Å². The number of aliphatic carboxylic acids is 1. The van der Waals surface area contributed by atoms with Crippen molar-refractivity contribution in [3.63, 3.8) is 0 Å². The molecule has 0 spiro atoms. The third-order valence-electron chi connectivity index (χ3n) is 3.21. The predicted octanol–water partition coefficient (Wildman–Crippen LogP) is 1.01. The Morgan fingerprint density at radius 1 is 1.47 bits per heavy atom. The highest BCUT2D eigenvalue weighted by molar-refractivity contribution is 5.75. The zero-order valence-electron chi connectivity index (χ0n) is 8.62. The Kier molecular flexibility index (Phi) is 2.77. The van der Waals surface area contributed by atoms with Crippen LogP contribution in [0, 0.1) is 5.41 Å². The van der Waals surface area contributed by atoms with E-state index in [2.05, 4.69) is 10.3 Å². The molecule has 4 heteroatoms. The van der Waals surface area contributed by atoms with Crippen LogP contribution in [0.3, 0.4) is 0 Å². The maximum atomic E-state index is 11.4. The number of piperidine rings is 1. The molecule has 3 N–H and O–H groups in total. The van der Waals surface area contributed by atoms with Gasteiger partial charge in [0.05, 0.1) is 5.41 Å². The summed E-state index contributed by atoms with van der Waals surface area (Å²) in [7, 11) is 0. The second-order valence-corrected chi connectivity index (χ2v) is 4.21. The second kappa shape index (κ2) is 4.06. The van der Waals surface area contributed by atoms with E-state index < -0.39 is 11.4 Å². The first-order valence-electron chi connectivity index (χ1n) is 5.29. The molecule has 1 aliphatic heterocycles. The van der Waals surface area contributed by atoms with Crippen LogP contribution >= 0.6 is 0 Å². The molecule has 4 nitrogen and oxygen atoms in total. The van der Waals surface area contributed by atoms with Gasteiger partial charge < -0.3 is 15.4 Å². The van der Waals surface area contributed by atoms with Gasteiger partial charge in [0.15, 0.2) is 0 Å². The monoisotopic (exact) mass is 208 g/mol. The molecule has 1 aromatic heterocycles. The van der Waals surface area contributed by atoms with Gasteiger partial charge in [-0.25, -0.2) is 0 Å². The molecule has 0 bridgehead atoms. The van der Waals surface area contributed by atoms with E-state index in [1.54, 1.807) is 0 Å². The lowest BCUT2D eigenvalue weighted by Gasteiger charge is -2.33. The first-order valence-corrected chi connectivity index (χ1v) is 5.29. The zero-order chi connectivity index (χ0) is 10.7. The highest BCUT2D eigenvalue weighted by Crippen LogP contribution is 2.32. The van der Waals surface area contributed by atoms with E-state index in [9.17, 15) is 9.90 Å². The number of hydrogen-bond acceptors (Lipinski definition) is 2. The van der Waals surface area contributed by atoms with Crippen LogP contribution < -0.4 is 5.32 Å². The Morgan fingerprint density at radius 2 is 2.20 bits per heavy atom. The van der Waals surface area contributed by atoms with Crippen molar-refractivity contribution < 1.29 is 9.90 Å². The molecule has 1 fully saturated rings. The van der Waals surface area contributed by atoms with Crippen molar-refractivity contribution in [2.24, 2.45) is 5.41 Å². The van der Waals surface area contributed by atoms with E-state index in [4.69, 9.17) is 0 Å². The fourth-order valence-electron chi connectivity index (χ4n) is 2.21. The predicted molar refractivity (Wildman–Crippen MR) is 56.7 cm³/mol. The van der Waals surface area contributed by atoms with Crippen LogP contribution in [0.15, 0.2) is 18.3 Å². The summed E-state index contributed by atoms with van der Waals surface area (Å²) in [4.78, 5) is 14.4. The number of H-pyrrole nitrogens is 1. The number of carboxylic acid groups (broad SMARTS) is 1. The molecule has 0 amide bonds.